The lowest BCUT2D eigenvalue weighted by Gasteiger charge is -2.47. The molecular weight excluding hydrogens is 530 g/mol. The van der Waals surface area contributed by atoms with Gasteiger partial charge in [0.05, 0.1) is 29.3 Å². The van der Waals surface area contributed by atoms with E-state index in [-0.39, 0.29) is 24.2 Å². The zero-order chi connectivity index (χ0) is 31.7. The summed E-state index contributed by atoms with van der Waals surface area (Å²) in [5.74, 6) is -1.90. The van der Waals surface area contributed by atoms with Gasteiger partial charge in [-0.1, -0.05) is 27.7 Å². The van der Waals surface area contributed by atoms with Gasteiger partial charge in [0.1, 0.15) is 23.9 Å². The summed E-state index contributed by atoms with van der Waals surface area (Å²) >= 11 is 0. The summed E-state index contributed by atoms with van der Waals surface area (Å²) in [5.41, 5.74) is -3.71. The maximum Gasteiger partial charge on any atom is 0.311 e. The van der Waals surface area contributed by atoms with Crippen molar-refractivity contribution in [2.45, 2.75) is 148 Å². The summed E-state index contributed by atoms with van der Waals surface area (Å²) in [6, 6.07) is -0.434. The molecule has 0 aliphatic carbocycles. The van der Waals surface area contributed by atoms with E-state index < -0.39 is 71.5 Å². The normalized spacial score (nSPS) is 50.0. The lowest BCUT2D eigenvalue weighted by atomic mass is 9.72. The summed E-state index contributed by atoms with van der Waals surface area (Å²) in [6.07, 6.45) is -4.07. The summed E-state index contributed by atoms with van der Waals surface area (Å²) in [5, 5.41) is 45.1. The first-order chi connectivity index (χ1) is 18.7. The number of hydrogen-bond donors (Lipinski definition) is 4. The molecule has 0 saturated carbocycles. The van der Waals surface area contributed by atoms with Crippen LogP contribution in [0.5, 0.6) is 0 Å². The van der Waals surface area contributed by atoms with Crippen LogP contribution in [0, 0.1) is 23.7 Å². The largest absolute Gasteiger partial charge is 0.459 e. The van der Waals surface area contributed by atoms with Gasteiger partial charge in [-0.05, 0) is 79.2 Å². The summed E-state index contributed by atoms with van der Waals surface area (Å²) in [4.78, 5) is 15.7. The van der Waals surface area contributed by atoms with E-state index in [1.807, 2.05) is 39.6 Å². The molecule has 0 radical (unpaired) electrons. The number of likely N-dealkylation sites (N-methyl/N-ethyl adjacent to an activating group) is 1. The van der Waals surface area contributed by atoms with E-state index in [0.717, 1.165) is 0 Å². The second kappa shape index (κ2) is 13.8. The molecule has 2 aliphatic heterocycles. The van der Waals surface area contributed by atoms with Crippen molar-refractivity contribution in [3.63, 3.8) is 0 Å². The van der Waals surface area contributed by atoms with Crippen LogP contribution in [0.4, 0.5) is 0 Å². The average molecular weight is 590 g/mol. The minimum absolute atomic E-state index is 0.0671. The number of hydrogen-bond acceptors (Lipinski definition) is 10. The fraction of sp³-hybridized carbons (Fsp3) is 0.968. The van der Waals surface area contributed by atoms with Crippen molar-refractivity contribution in [1.82, 2.24) is 4.90 Å². The second-order valence-corrected chi connectivity index (χ2v) is 13.8. The molecule has 0 spiro atoms. The Labute approximate surface area is 247 Å². The number of carbonyl (C=O) groups excluding carboxylic acids is 1. The SMILES string of the molecule is CC[C@H]1OC(=O)[C@H](C)[C@@H](O[C@H]2C[C@@](C)(OC)[C@@H](O)[C@H](C)O2)[C@H](C)C(C)[C@](C)(O)C[C@@H](C)CN(C)[C@H](C)[C@@H](O)[C@]1(C)O. The van der Waals surface area contributed by atoms with Crippen LogP contribution in [-0.2, 0) is 23.7 Å². The van der Waals surface area contributed by atoms with Crippen molar-refractivity contribution < 1.29 is 44.2 Å². The molecule has 2 rings (SSSR count). The Morgan fingerprint density at radius 2 is 1.59 bits per heavy atom. The van der Waals surface area contributed by atoms with Crippen LogP contribution in [0.1, 0.15) is 88.5 Å². The number of carbonyl (C=O) groups is 1. The molecule has 0 amide bonds. The number of esters is 1. The molecule has 1 unspecified atom stereocenters. The van der Waals surface area contributed by atoms with Crippen molar-refractivity contribution in [3.05, 3.63) is 0 Å². The molecule has 41 heavy (non-hydrogen) atoms. The number of ether oxygens (including phenoxy) is 4. The van der Waals surface area contributed by atoms with Gasteiger partial charge < -0.3 is 44.3 Å². The van der Waals surface area contributed by atoms with E-state index in [0.29, 0.717) is 19.4 Å². The van der Waals surface area contributed by atoms with Crippen molar-refractivity contribution in [2.75, 3.05) is 20.7 Å². The predicted octanol–water partition coefficient (Wildman–Crippen LogP) is 2.73. The lowest BCUT2D eigenvalue weighted by molar-refractivity contribution is -0.298. The quantitative estimate of drug-likeness (QED) is 0.362. The molecule has 14 atom stereocenters. The highest BCUT2D eigenvalue weighted by atomic mass is 16.7. The molecule has 10 heteroatoms. The van der Waals surface area contributed by atoms with Gasteiger partial charge in [-0.3, -0.25) is 4.79 Å². The van der Waals surface area contributed by atoms with Gasteiger partial charge in [0.2, 0.25) is 0 Å². The van der Waals surface area contributed by atoms with Gasteiger partial charge in [-0.2, -0.15) is 0 Å². The highest BCUT2D eigenvalue weighted by Gasteiger charge is 2.50. The molecule has 2 aliphatic rings. The van der Waals surface area contributed by atoms with E-state index in [9.17, 15) is 25.2 Å². The monoisotopic (exact) mass is 589 g/mol. The number of nitrogens with zero attached hydrogens (tertiary/aromatic N) is 1. The maximum absolute atomic E-state index is 13.7. The third kappa shape index (κ3) is 8.01. The Morgan fingerprint density at radius 3 is 2.12 bits per heavy atom. The molecule has 0 aromatic carbocycles. The molecule has 0 bridgehead atoms. The first-order valence-electron chi connectivity index (χ1n) is 15.3. The van der Waals surface area contributed by atoms with E-state index in [1.54, 1.807) is 27.7 Å². The number of cyclic esters (lactones) is 1. The van der Waals surface area contributed by atoms with Crippen LogP contribution in [0.2, 0.25) is 0 Å². The van der Waals surface area contributed by atoms with Gasteiger partial charge in [0.25, 0.3) is 0 Å². The van der Waals surface area contributed by atoms with Gasteiger partial charge in [0, 0.05) is 26.1 Å². The van der Waals surface area contributed by atoms with Gasteiger partial charge >= 0.3 is 5.97 Å². The summed E-state index contributed by atoms with van der Waals surface area (Å²) in [7, 11) is 3.42. The van der Waals surface area contributed by atoms with Gasteiger partial charge in [-0.25, -0.2) is 0 Å². The highest BCUT2D eigenvalue weighted by Crippen LogP contribution is 2.39. The van der Waals surface area contributed by atoms with Crippen LogP contribution >= 0.6 is 0 Å². The van der Waals surface area contributed by atoms with Crippen molar-refractivity contribution in [2.24, 2.45) is 23.7 Å². The van der Waals surface area contributed by atoms with Crippen molar-refractivity contribution >= 4 is 5.97 Å². The van der Waals surface area contributed by atoms with E-state index in [2.05, 4.69) is 6.92 Å². The Hall–Kier alpha value is -0.850. The van der Waals surface area contributed by atoms with Gasteiger partial charge in [-0.15, -0.1) is 0 Å². The minimum Gasteiger partial charge on any atom is -0.459 e. The van der Waals surface area contributed by atoms with Crippen molar-refractivity contribution in [1.29, 1.82) is 0 Å². The number of aliphatic hydroxyl groups excluding tert-OH is 2. The van der Waals surface area contributed by atoms with Gasteiger partial charge in [0.15, 0.2) is 6.29 Å². The van der Waals surface area contributed by atoms with E-state index in [4.69, 9.17) is 18.9 Å². The summed E-state index contributed by atoms with van der Waals surface area (Å²) in [6.45, 7) is 18.8. The third-order valence-electron chi connectivity index (χ3n) is 10.3. The molecule has 0 aromatic heterocycles. The topological polar surface area (TPSA) is 138 Å². The zero-order valence-electron chi connectivity index (χ0n) is 27.5. The molecule has 10 nitrogen and oxygen atoms in total. The van der Waals surface area contributed by atoms with Crippen LogP contribution in [-0.4, -0.2) is 112 Å². The van der Waals surface area contributed by atoms with E-state index >= 15 is 0 Å². The highest BCUT2D eigenvalue weighted by molar-refractivity contribution is 5.73. The minimum atomic E-state index is -1.71. The van der Waals surface area contributed by atoms with E-state index in [1.165, 1.54) is 14.0 Å². The molecule has 4 N–H and O–H groups in total. The van der Waals surface area contributed by atoms with Crippen LogP contribution < -0.4 is 0 Å². The third-order valence-corrected chi connectivity index (χ3v) is 10.3. The first-order valence-corrected chi connectivity index (χ1v) is 15.3. The molecule has 2 saturated heterocycles. The van der Waals surface area contributed by atoms with Crippen LogP contribution in [0.3, 0.4) is 0 Å². The fourth-order valence-corrected chi connectivity index (χ4v) is 6.85. The Balaban J connectivity index is 2.53. The predicted molar refractivity (Wildman–Crippen MR) is 156 cm³/mol. The smallest absolute Gasteiger partial charge is 0.311 e. The maximum atomic E-state index is 13.7. The second-order valence-electron chi connectivity index (χ2n) is 13.8. The molecule has 2 heterocycles. The number of methoxy groups -OCH3 is 1. The Morgan fingerprint density at radius 1 is 1.00 bits per heavy atom. The molecule has 0 aromatic rings. The fourth-order valence-electron chi connectivity index (χ4n) is 6.85. The Kier molecular flexibility index (Phi) is 12.3. The average Bonchev–Trinajstić information content (AvgIpc) is 2.89. The molecular formula is C31H59NO9. The lowest BCUT2D eigenvalue weighted by Crippen LogP contribution is -2.59. The number of aliphatic hydroxyl groups is 4. The molecule has 2 fully saturated rings. The zero-order valence-corrected chi connectivity index (χ0v) is 27.5. The van der Waals surface area contributed by atoms with Crippen molar-refractivity contribution in [3.8, 4) is 0 Å². The Bertz CT molecular complexity index is 853. The van der Waals surface area contributed by atoms with Crippen LogP contribution in [0.15, 0.2) is 0 Å². The first kappa shape index (κ1) is 36.3. The summed E-state index contributed by atoms with van der Waals surface area (Å²) < 4.78 is 24.1. The number of rotatable bonds is 4. The molecule has 242 valence electrons. The van der Waals surface area contributed by atoms with Crippen LogP contribution in [0.25, 0.3) is 0 Å². The standard InChI is InChI=1S/C31H59NO9/c1-13-23-31(10,37)26(33)21(6)32(11)16-17(2)14-29(8,36)20(5)18(3)25(19(4)28(35)40-23)41-24-15-30(9,38-12)27(34)22(7)39-24/h17-27,33-34,36-37H,13-16H2,1-12H3/t17-,18-,19-,20?,21-,22+,23-,24+,25+,26-,27+,29-,30-,31-/m1/s1.